The normalized spacial score (nSPS) is 14.4. The lowest BCUT2D eigenvalue weighted by molar-refractivity contribution is 0.0909. The van der Waals surface area contributed by atoms with Crippen molar-refractivity contribution in [2.24, 2.45) is 5.41 Å². The number of carbonyl (C=O) groups excluding carboxylic acids is 1. The molecule has 1 aliphatic rings. The number of fused-ring (bicyclic) bond motifs is 1. The molecular formula is C28H25ClN2O4S. The molecule has 0 radical (unpaired) electrons. The molecule has 2 aromatic carbocycles. The van der Waals surface area contributed by atoms with Gasteiger partial charge in [-0.1, -0.05) is 43.6 Å². The molecule has 5 rings (SSSR count). The van der Waals surface area contributed by atoms with E-state index >= 15 is 0 Å². The van der Waals surface area contributed by atoms with E-state index < -0.39 is 0 Å². The summed E-state index contributed by atoms with van der Waals surface area (Å²) in [6.45, 7) is 4.08. The molecule has 0 fully saturated rings. The van der Waals surface area contributed by atoms with E-state index in [1.807, 2.05) is 31.4 Å². The van der Waals surface area contributed by atoms with Crippen LogP contribution in [-0.2, 0) is 6.42 Å². The first kappa shape index (κ1) is 24.3. The number of benzene rings is 2. The Labute approximate surface area is 218 Å². The van der Waals surface area contributed by atoms with Crippen LogP contribution >= 0.6 is 22.9 Å². The maximum atomic E-state index is 14.1. The van der Waals surface area contributed by atoms with Gasteiger partial charge in [0.1, 0.15) is 5.01 Å². The molecule has 2 aromatic heterocycles. The number of nitrogens with zero attached hydrogens (tertiary/aromatic N) is 2. The first-order chi connectivity index (χ1) is 17.2. The molecule has 1 aliphatic carbocycles. The van der Waals surface area contributed by atoms with Crippen molar-refractivity contribution in [2.45, 2.75) is 26.7 Å². The number of rotatable bonds is 5. The zero-order valence-electron chi connectivity index (χ0n) is 20.4. The molecule has 0 saturated carbocycles. The highest BCUT2D eigenvalue weighted by Crippen LogP contribution is 2.40. The summed E-state index contributed by atoms with van der Waals surface area (Å²) in [5.41, 5.74) is 3.20. The third-order valence-corrected chi connectivity index (χ3v) is 7.51. The van der Waals surface area contributed by atoms with Gasteiger partial charge < -0.3 is 9.47 Å². The molecule has 8 heteroatoms. The summed E-state index contributed by atoms with van der Waals surface area (Å²) in [6.07, 6.45) is 0.971. The molecule has 36 heavy (non-hydrogen) atoms. The van der Waals surface area contributed by atoms with Gasteiger partial charge in [0.2, 0.25) is 0 Å². The largest absolute Gasteiger partial charge is 0.493 e. The number of Topliss-reactive ketones (excluding diaryl/α,β-unsaturated/α-hetero) is 1. The van der Waals surface area contributed by atoms with Gasteiger partial charge in [-0.05, 0) is 42.2 Å². The Morgan fingerprint density at radius 1 is 1.00 bits per heavy atom. The number of methoxy groups -OCH3 is 2. The third-order valence-electron chi connectivity index (χ3n) is 6.39. The minimum atomic E-state index is -0.283. The molecule has 0 saturated heterocycles. The molecule has 184 valence electrons. The Morgan fingerprint density at radius 3 is 2.44 bits per heavy atom. The quantitative estimate of drug-likeness (QED) is 0.302. The van der Waals surface area contributed by atoms with Gasteiger partial charge in [0.25, 0.3) is 5.56 Å². The number of carbonyl (C=O) groups is 1. The highest BCUT2D eigenvalue weighted by molar-refractivity contribution is 7.13. The number of halogens is 1. The number of ketones is 1. The summed E-state index contributed by atoms with van der Waals surface area (Å²) in [5, 5.41) is 3.08. The Balaban J connectivity index is 1.77. The van der Waals surface area contributed by atoms with Gasteiger partial charge in [-0.3, -0.25) is 14.2 Å². The molecule has 0 spiro atoms. The average molecular weight is 521 g/mol. The van der Waals surface area contributed by atoms with Crippen LogP contribution in [0.15, 0.2) is 58.7 Å². The molecule has 0 atom stereocenters. The summed E-state index contributed by atoms with van der Waals surface area (Å²) in [6, 6.07) is 14.5. The van der Waals surface area contributed by atoms with E-state index in [4.69, 9.17) is 26.1 Å². The van der Waals surface area contributed by atoms with Crippen molar-refractivity contribution in [2.75, 3.05) is 14.2 Å². The van der Waals surface area contributed by atoms with Gasteiger partial charge in [0, 0.05) is 33.6 Å². The van der Waals surface area contributed by atoms with Crippen LogP contribution in [0.25, 0.3) is 27.5 Å². The first-order valence-electron chi connectivity index (χ1n) is 11.5. The number of para-hydroxylation sites is 1. The van der Waals surface area contributed by atoms with Gasteiger partial charge >= 0.3 is 0 Å². The molecule has 4 aromatic rings. The lowest BCUT2D eigenvalue weighted by Gasteiger charge is -2.32. The average Bonchev–Trinajstić information content (AvgIpc) is 3.33. The number of aromatic nitrogens is 2. The van der Waals surface area contributed by atoms with Crippen LogP contribution in [0.4, 0.5) is 0 Å². The monoisotopic (exact) mass is 520 g/mol. The van der Waals surface area contributed by atoms with Crippen LogP contribution < -0.4 is 15.0 Å². The fourth-order valence-corrected chi connectivity index (χ4v) is 5.68. The van der Waals surface area contributed by atoms with Gasteiger partial charge in [0.15, 0.2) is 17.3 Å². The lowest BCUT2D eigenvalue weighted by atomic mass is 9.75. The van der Waals surface area contributed by atoms with Crippen LogP contribution in [0.3, 0.4) is 0 Å². The minimum absolute atomic E-state index is 0.00703. The van der Waals surface area contributed by atoms with Crippen molar-refractivity contribution in [1.82, 2.24) is 9.55 Å². The standard InChI is InChI=1S/C28H25ClN2O4S/c1-28(2)13-22-18(23(32)14-28)12-19(26-30-20(15-36-26)16-8-10-17(29)11-9-16)27(33)31(22)21-6-5-7-24(34-3)25(21)35-4/h5-12,15H,13-14H2,1-4H3. The maximum Gasteiger partial charge on any atom is 0.265 e. The van der Waals surface area contributed by atoms with Crippen molar-refractivity contribution in [3.05, 3.63) is 80.5 Å². The second-order valence-electron chi connectivity index (χ2n) is 9.56. The summed E-state index contributed by atoms with van der Waals surface area (Å²) in [7, 11) is 3.09. The molecule has 0 unspecified atom stereocenters. The summed E-state index contributed by atoms with van der Waals surface area (Å²) >= 11 is 7.40. The number of pyridine rings is 1. The highest BCUT2D eigenvalue weighted by atomic mass is 35.5. The second kappa shape index (κ2) is 9.22. The van der Waals surface area contributed by atoms with Crippen LogP contribution in [0.5, 0.6) is 11.5 Å². The van der Waals surface area contributed by atoms with Gasteiger partial charge in [-0.25, -0.2) is 4.98 Å². The lowest BCUT2D eigenvalue weighted by Crippen LogP contribution is -2.35. The van der Waals surface area contributed by atoms with Crippen LogP contribution in [0.2, 0.25) is 5.02 Å². The molecule has 6 nitrogen and oxygen atoms in total. The van der Waals surface area contributed by atoms with Gasteiger partial charge in [-0.2, -0.15) is 0 Å². The number of hydrogen-bond donors (Lipinski definition) is 0. The van der Waals surface area contributed by atoms with E-state index in [0.29, 0.717) is 56.9 Å². The number of thiazole rings is 1. The third kappa shape index (κ3) is 4.22. The maximum absolute atomic E-state index is 14.1. The molecule has 2 heterocycles. The fourth-order valence-electron chi connectivity index (χ4n) is 4.72. The summed E-state index contributed by atoms with van der Waals surface area (Å²) in [5.74, 6) is 0.938. The zero-order chi connectivity index (χ0) is 25.6. The predicted molar refractivity (Wildman–Crippen MR) is 143 cm³/mol. The minimum Gasteiger partial charge on any atom is -0.493 e. The Kier molecular flexibility index (Phi) is 6.22. The SMILES string of the molecule is COc1cccc(-n2c3c(cc(-c4nc(-c5ccc(Cl)cc5)cs4)c2=O)C(=O)CC(C)(C)C3)c1OC. The molecular weight excluding hydrogens is 496 g/mol. The van der Waals surface area contributed by atoms with E-state index in [1.165, 1.54) is 18.4 Å². The Bertz CT molecular complexity index is 1540. The highest BCUT2D eigenvalue weighted by Gasteiger charge is 2.35. The summed E-state index contributed by atoms with van der Waals surface area (Å²) < 4.78 is 12.8. The van der Waals surface area contributed by atoms with Crippen molar-refractivity contribution in [3.8, 4) is 39.0 Å². The Morgan fingerprint density at radius 2 is 1.75 bits per heavy atom. The molecule has 0 bridgehead atoms. The van der Waals surface area contributed by atoms with Gasteiger partial charge in [0.05, 0.1) is 31.2 Å². The van der Waals surface area contributed by atoms with Crippen molar-refractivity contribution in [1.29, 1.82) is 0 Å². The smallest absolute Gasteiger partial charge is 0.265 e. The van der Waals surface area contributed by atoms with Crippen LogP contribution in [0.1, 0.15) is 36.3 Å². The van der Waals surface area contributed by atoms with E-state index in [0.717, 1.165) is 11.3 Å². The number of hydrogen-bond acceptors (Lipinski definition) is 6. The van der Waals surface area contributed by atoms with Crippen LogP contribution in [-0.4, -0.2) is 29.6 Å². The predicted octanol–water partition coefficient (Wildman–Crippen LogP) is 6.45. The van der Waals surface area contributed by atoms with Crippen LogP contribution in [0, 0.1) is 5.41 Å². The van der Waals surface area contributed by atoms with Gasteiger partial charge in [-0.15, -0.1) is 11.3 Å². The molecule has 0 N–H and O–H groups in total. The second-order valence-corrected chi connectivity index (χ2v) is 10.9. The summed E-state index contributed by atoms with van der Waals surface area (Å²) in [4.78, 5) is 32.2. The van der Waals surface area contributed by atoms with E-state index in [9.17, 15) is 9.59 Å². The Hall–Kier alpha value is -3.42. The van der Waals surface area contributed by atoms with Crippen molar-refractivity contribution < 1.29 is 14.3 Å². The van der Waals surface area contributed by atoms with E-state index in [1.54, 1.807) is 48.1 Å². The topological polar surface area (TPSA) is 70.4 Å². The number of ether oxygens (including phenoxy) is 2. The van der Waals surface area contributed by atoms with Crippen molar-refractivity contribution >= 4 is 28.7 Å². The first-order valence-corrected chi connectivity index (χ1v) is 12.7. The molecule has 0 aliphatic heterocycles. The van der Waals surface area contributed by atoms with E-state index in [2.05, 4.69) is 0 Å². The van der Waals surface area contributed by atoms with Crippen molar-refractivity contribution in [3.63, 3.8) is 0 Å². The zero-order valence-corrected chi connectivity index (χ0v) is 22.0. The van der Waals surface area contributed by atoms with E-state index in [-0.39, 0.29) is 16.8 Å². The fraction of sp³-hybridized carbons (Fsp3) is 0.250. The molecule has 0 amide bonds.